The first-order valence-electron chi connectivity index (χ1n) is 18.8. The molecule has 11 aromatic rings. The Balaban J connectivity index is 1.10. The molecule has 55 heavy (non-hydrogen) atoms. The molecule has 0 bridgehead atoms. The van der Waals surface area contributed by atoms with Gasteiger partial charge in [-0.25, -0.2) is 0 Å². The first-order valence-corrected chi connectivity index (χ1v) is 20.5. The molecule has 0 saturated carbocycles. The van der Waals surface area contributed by atoms with Gasteiger partial charge in [0.05, 0.1) is 5.52 Å². The minimum atomic E-state index is 0.325. The molecule has 0 unspecified atom stereocenters. The van der Waals surface area contributed by atoms with Gasteiger partial charge in [-0.1, -0.05) is 66.7 Å². The normalized spacial score (nSPS) is 11.6. The van der Waals surface area contributed by atoms with E-state index in [2.05, 4.69) is 216 Å². The summed E-state index contributed by atoms with van der Waals surface area (Å²) < 4.78 is 5.34. The summed E-state index contributed by atoms with van der Waals surface area (Å²) in [7, 11) is 0. The van der Waals surface area contributed by atoms with Crippen LogP contribution in [0.1, 0.15) is 0 Å². The number of para-hydroxylation sites is 3. The molecule has 0 spiro atoms. The minimum Gasteiger partial charge on any atom is -0.0602 e. The zero-order valence-corrected chi connectivity index (χ0v) is 31.6. The van der Waals surface area contributed by atoms with E-state index in [1.54, 1.807) is 0 Å². The van der Waals surface area contributed by atoms with Gasteiger partial charge in [-0.3, -0.25) is 0 Å². The topological polar surface area (TPSA) is 8.17 Å². The first-order chi connectivity index (χ1) is 27.3. The van der Waals surface area contributed by atoms with Crippen LogP contribution in [0.2, 0.25) is 0 Å². The van der Waals surface area contributed by atoms with E-state index in [0.29, 0.717) is 14.5 Å². The summed E-state index contributed by atoms with van der Waals surface area (Å²) in [4.78, 5) is 2.43. The van der Waals surface area contributed by atoms with Crippen LogP contribution < -0.4 is 4.90 Å². The molecule has 0 amide bonds. The Hall–Kier alpha value is -6.64. The fourth-order valence-corrected chi connectivity index (χ4v) is 10.8. The fourth-order valence-electron chi connectivity index (χ4n) is 8.36. The van der Waals surface area contributed by atoms with Gasteiger partial charge < -0.3 is 0 Å². The minimum absolute atomic E-state index is 0.325. The van der Waals surface area contributed by atoms with Gasteiger partial charge in [0.1, 0.15) is 0 Å². The zero-order valence-electron chi connectivity index (χ0n) is 29.9. The standard InChI is InChI=1S/C52H34N2Se/c1-2-14-40(15-3-1)54-49-20-10-7-17-44(49)45-31-29-42(34-50(45)54)53(48-19-9-6-16-43(48)39-23-22-35-12-4-5-13-37(35)32-39)41-27-24-36(25-28-41)38-26-30-47-46-18-8-11-21-51(46)55-52(47)33-38/h1-34H. The summed E-state index contributed by atoms with van der Waals surface area (Å²) in [5, 5.41) is 7.74. The largest absolute Gasteiger partial charge is 0.0602 e. The van der Waals surface area contributed by atoms with Crippen molar-refractivity contribution >= 4 is 83.4 Å². The Bertz CT molecular complexity index is 3210. The van der Waals surface area contributed by atoms with Crippen LogP contribution >= 0.6 is 0 Å². The van der Waals surface area contributed by atoms with E-state index in [9.17, 15) is 0 Å². The van der Waals surface area contributed by atoms with Gasteiger partial charge in [0.2, 0.25) is 0 Å². The van der Waals surface area contributed by atoms with Gasteiger partial charge in [-0.15, -0.1) is 0 Å². The van der Waals surface area contributed by atoms with E-state index >= 15 is 0 Å². The maximum atomic E-state index is 2.43. The Morgan fingerprint density at radius 3 is 1.89 bits per heavy atom. The molecule has 3 heteroatoms. The van der Waals surface area contributed by atoms with Crippen molar-refractivity contribution in [2.24, 2.45) is 0 Å². The van der Waals surface area contributed by atoms with Gasteiger partial charge >= 0.3 is 215 Å². The number of anilines is 3. The molecule has 2 aromatic heterocycles. The first kappa shape index (κ1) is 31.8. The summed E-state index contributed by atoms with van der Waals surface area (Å²) in [6, 6.07) is 75.7. The molecule has 0 radical (unpaired) electrons. The van der Waals surface area contributed by atoms with E-state index in [4.69, 9.17) is 0 Å². The van der Waals surface area contributed by atoms with E-state index < -0.39 is 0 Å². The van der Waals surface area contributed by atoms with Crippen molar-refractivity contribution in [2.45, 2.75) is 0 Å². The summed E-state index contributed by atoms with van der Waals surface area (Å²) in [5.41, 5.74) is 11.7. The van der Waals surface area contributed by atoms with Crippen LogP contribution in [0.4, 0.5) is 17.1 Å². The second kappa shape index (κ2) is 13.0. The van der Waals surface area contributed by atoms with Crippen molar-refractivity contribution in [3.8, 4) is 27.9 Å². The Morgan fingerprint density at radius 1 is 0.364 bits per heavy atom. The van der Waals surface area contributed by atoms with Gasteiger partial charge in [0.25, 0.3) is 0 Å². The molecule has 0 aliphatic heterocycles. The van der Waals surface area contributed by atoms with Crippen LogP contribution in [0.5, 0.6) is 0 Å². The quantitative estimate of drug-likeness (QED) is 0.153. The molecule has 11 rings (SSSR count). The molecule has 0 aliphatic rings. The molecule has 9 aromatic carbocycles. The Morgan fingerprint density at radius 2 is 1.00 bits per heavy atom. The molecule has 0 fully saturated rings. The summed E-state index contributed by atoms with van der Waals surface area (Å²) in [6.07, 6.45) is 0. The van der Waals surface area contributed by atoms with Gasteiger partial charge in [-0.05, 0) is 29.0 Å². The maximum Gasteiger partial charge on any atom is -0.0380 e. The molecule has 0 atom stereocenters. The molecule has 2 nitrogen and oxygen atoms in total. The van der Waals surface area contributed by atoms with Crippen molar-refractivity contribution < 1.29 is 0 Å². The van der Waals surface area contributed by atoms with Gasteiger partial charge in [0, 0.05) is 11.1 Å². The number of benzene rings is 9. The van der Waals surface area contributed by atoms with Gasteiger partial charge in [0.15, 0.2) is 0 Å². The molecular formula is C52H34N2Se. The Labute approximate surface area is 325 Å². The van der Waals surface area contributed by atoms with Crippen LogP contribution in [-0.4, -0.2) is 19.1 Å². The molecule has 0 saturated heterocycles. The van der Waals surface area contributed by atoms with Crippen molar-refractivity contribution in [3.05, 3.63) is 206 Å². The third kappa shape index (κ3) is 5.40. The van der Waals surface area contributed by atoms with Crippen molar-refractivity contribution in [1.82, 2.24) is 4.57 Å². The average molecular weight is 766 g/mol. The maximum absolute atomic E-state index is 2.43. The van der Waals surface area contributed by atoms with E-state index in [1.165, 1.54) is 74.1 Å². The molecule has 0 aliphatic carbocycles. The zero-order chi connectivity index (χ0) is 36.3. The average Bonchev–Trinajstić information content (AvgIpc) is 3.79. The number of fused-ring (bicyclic) bond motifs is 7. The summed E-state index contributed by atoms with van der Waals surface area (Å²) in [6.45, 7) is 0. The smallest absolute Gasteiger partial charge is 0.0380 e. The predicted molar refractivity (Wildman–Crippen MR) is 236 cm³/mol. The monoisotopic (exact) mass is 766 g/mol. The molecule has 0 N–H and O–H groups in total. The molecular weight excluding hydrogens is 732 g/mol. The SMILES string of the molecule is c1ccc(-n2c3ccccc3c3ccc(N(c4ccc(-c5ccc6c(c5)[se]c5ccccc56)cc4)c4ccccc4-c4ccc5ccccc5c4)cc32)cc1. The summed E-state index contributed by atoms with van der Waals surface area (Å²) in [5.74, 6) is 0. The Kier molecular flexibility index (Phi) is 7.55. The van der Waals surface area contributed by atoms with Crippen molar-refractivity contribution in [1.29, 1.82) is 0 Å². The number of aromatic nitrogens is 1. The number of nitrogens with zero attached hydrogens (tertiary/aromatic N) is 2. The number of rotatable bonds is 6. The van der Waals surface area contributed by atoms with Crippen molar-refractivity contribution in [3.63, 3.8) is 0 Å². The van der Waals surface area contributed by atoms with Crippen LogP contribution in [0.25, 0.3) is 79.8 Å². The summed E-state index contributed by atoms with van der Waals surface area (Å²) >= 11 is 0.325. The van der Waals surface area contributed by atoms with Crippen LogP contribution in [0, 0.1) is 0 Å². The third-order valence-corrected chi connectivity index (χ3v) is 13.4. The predicted octanol–water partition coefficient (Wildman–Crippen LogP) is 14.1. The second-order valence-corrected chi connectivity index (χ2v) is 16.4. The molecule has 258 valence electrons. The van der Waals surface area contributed by atoms with E-state index in [0.717, 1.165) is 22.7 Å². The third-order valence-electron chi connectivity index (χ3n) is 11.0. The number of hydrogen-bond donors (Lipinski definition) is 0. The van der Waals surface area contributed by atoms with E-state index in [-0.39, 0.29) is 0 Å². The molecule has 2 heterocycles. The van der Waals surface area contributed by atoms with Crippen LogP contribution in [0.15, 0.2) is 206 Å². The van der Waals surface area contributed by atoms with Crippen LogP contribution in [-0.2, 0) is 0 Å². The van der Waals surface area contributed by atoms with Crippen LogP contribution in [0.3, 0.4) is 0 Å². The van der Waals surface area contributed by atoms with Crippen molar-refractivity contribution in [2.75, 3.05) is 4.90 Å². The fraction of sp³-hybridized carbons (Fsp3) is 0. The van der Waals surface area contributed by atoms with E-state index in [1.807, 2.05) is 0 Å². The second-order valence-electron chi connectivity index (χ2n) is 14.2. The number of hydrogen-bond acceptors (Lipinski definition) is 1. The van der Waals surface area contributed by atoms with Gasteiger partial charge in [-0.2, -0.15) is 0 Å².